The summed E-state index contributed by atoms with van der Waals surface area (Å²) in [5.41, 5.74) is 13.3. The lowest BCUT2D eigenvalue weighted by atomic mass is 9.67. The molecule has 0 atom stereocenters. The first-order valence-electron chi connectivity index (χ1n) is 20.9. The SMILES string of the molecule is CC(C)(C)C1=C/C(=C2/C=C(C(C)(C)C)C(=O)C3=C2CCCC3)C2=C(CCCC2)C1=O.CC1=CC(=CC=C2C=C(C(C)(C)C)C(=O)C(C(C)(C)C)=C2)C=C(C)C1=O.[HH].[HH]. The van der Waals surface area contributed by atoms with Crippen molar-refractivity contribution in [3.05, 3.63) is 127 Å². The molecule has 0 bridgehead atoms. The predicted molar refractivity (Wildman–Crippen MR) is 236 cm³/mol. The Morgan fingerprint density at radius 1 is 0.393 bits per heavy atom. The molecule has 6 rings (SSSR count). The smallest absolute Gasteiger partial charge is 0.186 e. The van der Waals surface area contributed by atoms with Gasteiger partial charge in [-0.25, -0.2) is 0 Å². The molecule has 0 spiro atoms. The van der Waals surface area contributed by atoms with Crippen LogP contribution in [0.1, 0.15) is 151 Å². The largest absolute Gasteiger partial charge is 0.289 e. The normalized spacial score (nSPS) is 22.6. The van der Waals surface area contributed by atoms with Gasteiger partial charge in [0, 0.05) is 36.3 Å². The second-order valence-corrected chi connectivity index (χ2v) is 20.7. The topological polar surface area (TPSA) is 68.3 Å². The quantitative estimate of drug-likeness (QED) is 0.267. The van der Waals surface area contributed by atoms with Gasteiger partial charge >= 0.3 is 0 Å². The molecule has 0 unspecified atom stereocenters. The van der Waals surface area contributed by atoms with E-state index < -0.39 is 0 Å². The third-order valence-electron chi connectivity index (χ3n) is 11.8. The molecule has 0 aromatic rings. The van der Waals surface area contributed by atoms with Gasteiger partial charge in [-0.15, -0.1) is 0 Å². The molecule has 4 heteroatoms. The fourth-order valence-electron chi connectivity index (χ4n) is 8.55. The fraction of sp³-hybridized carbons (Fsp3) is 0.500. The second-order valence-electron chi connectivity index (χ2n) is 20.7. The van der Waals surface area contributed by atoms with Crippen LogP contribution in [0.15, 0.2) is 127 Å². The van der Waals surface area contributed by atoms with Gasteiger partial charge in [0.15, 0.2) is 23.1 Å². The Balaban J connectivity index is 0.000000303. The zero-order valence-corrected chi connectivity index (χ0v) is 36.9. The van der Waals surface area contributed by atoms with Gasteiger partial charge in [0.2, 0.25) is 0 Å². The first kappa shape index (κ1) is 43.0. The van der Waals surface area contributed by atoms with Crippen LogP contribution in [-0.2, 0) is 19.2 Å². The van der Waals surface area contributed by atoms with Crippen molar-refractivity contribution in [2.45, 2.75) is 148 Å². The molecule has 0 N–H and O–H groups in total. The van der Waals surface area contributed by atoms with Crippen molar-refractivity contribution >= 4 is 23.1 Å². The van der Waals surface area contributed by atoms with Gasteiger partial charge in [-0.05, 0) is 168 Å². The van der Waals surface area contributed by atoms with E-state index in [2.05, 4.69) is 95.2 Å². The van der Waals surface area contributed by atoms with E-state index in [1.54, 1.807) is 0 Å². The number of ketones is 4. The van der Waals surface area contributed by atoms with Crippen LogP contribution < -0.4 is 0 Å². The Bertz CT molecular complexity index is 1990. The molecule has 0 radical (unpaired) electrons. The number of hydrogen-bond donors (Lipinski definition) is 0. The van der Waals surface area contributed by atoms with E-state index in [0.29, 0.717) is 0 Å². The highest BCUT2D eigenvalue weighted by Gasteiger charge is 2.38. The third-order valence-corrected chi connectivity index (χ3v) is 11.8. The standard InChI is InChI=1S/C28H36O2.C24H30O2.2H2/c1-27(2,3)23-15-21(17-11-7-9-13-19(17)25(23)29)22-16-24(28(4,5)6)26(30)20-14-10-8-12-18(20)22;1-15-11-17(12-16(2)21(15)25)9-10-18-13-19(23(3,4)5)22(26)20(14-18)24(6,7)8;;/h15-16H,7-14H2,1-6H3;9-14H,1-8H3;2*1H/b22-21+;;;. The number of carbonyl (C=O) groups is 4. The molecule has 0 saturated heterocycles. The zero-order chi connectivity index (χ0) is 41.7. The van der Waals surface area contributed by atoms with E-state index in [-0.39, 0.29) is 47.6 Å². The zero-order valence-electron chi connectivity index (χ0n) is 36.9. The number of rotatable bonds is 1. The first-order chi connectivity index (χ1) is 25.8. The summed E-state index contributed by atoms with van der Waals surface area (Å²) in [5.74, 6) is 0.755. The fourth-order valence-corrected chi connectivity index (χ4v) is 8.55. The van der Waals surface area contributed by atoms with Gasteiger partial charge in [-0.2, -0.15) is 0 Å². The van der Waals surface area contributed by atoms with E-state index in [1.807, 2.05) is 50.3 Å². The molecule has 4 nitrogen and oxygen atoms in total. The maximum Gasteiger partial charge on any atom is 0.186 e. The Morgan fingerprint density at radius 2 is 0.679 bits per heavy atom. The van der Waals surface area contributed by atoms with Crippen molar-refractivity contribution < 1.29 is 22.0 Å². The summed E-state index contributed by atoms with van der Waals surface area (Å²) in [6.07, 6.45) is 24.4. The van der Waals surface area contributed by atoms with Crippen molar-refractivity contribution in [1.82, 2.24) is 0 Å². The molecule has 302 valence electrons. The predicted octanol–water partition coefficient (Wildman–Crippen LogP) is 13.5. The molecular weight excluding hydrogens is 689 g/mol. The Labute approximate surface area is 340 Å². The third kappa shape index (κ3) is 9.01. The van der Waals surface area contributed by atoms with Crippen LogP contribution in [0.25, 0.3) is 0 Å². The Kier molecular flexibility index (Phi) is 12.0. The van der Waals surface area contributed by atoms with E-state index in [9.17, 15) is 19.2 Å². The van der Waals surface area contributed by atoms with Crippen molar-refractivity contribution in [3.8, 4) is 0 Å². The summed E-state index contributed by atoms with van der Waals surface area (Å²) in [5, 5.41) is 0. The molecule has 0 fully saturated rings. The van der Waals surface area contributed by atoms with Gasteiger partial charge in [0.1, 0.15) is 0 Å². The summed E-state index contributed by atoms with van der Waals surface area (Å²) in [4.78, 5) is 51.6. The maximum atomic E-state index is 13.4. The number of hydrogen-bond acceptors (Lipinski definition) is 4. The van der Waals surface area contributed by atoms with Crippen LogP contribution in [-0.4, -0.2) is 23.1 Å². The lowest BCUT2D eigenvalue weighted by Crippen LogP contribution is -2.28. The van der Waals surface area contributed by atoms with Crippen LogP contribution in [0, 0.1) is 21.7 Å². The van der Waals surface area contributed by atoms with E-state index in [4.69, 9.17) is 0 Å². The highest BCUT2D eigenvalue weighted by Crippen LogP contribution is 2.48. The molecule has 56 heavy (non-hydrogen) atoms. The van der Waals surface area contributed by atoms with Gasteiger partial charge < -0.3 is 0 Å². The van der Waals surface area contributed by atoms with Crippen molar-refractivity contribution in [1.29, 1.82) is 0 Å². The van der Waals surface area contributed by atoms with E-state index in [1.165, 1.54) is 22.3 Å². The minimum Gasteiger partial charge on any atom is -0.289 e. The molecule has 0 heterocycles. The number of allylic oxidation sites excluding steroid dienone is 22. The van der Waals surface area contributed by atoms with Gasteiger partial charge in [0.25, 0.3) is 0 Å². The highest BCUT2D eigenvalue weighted by atomic mass is 16.1. The monoisotopic (exact) mass is 759 g/mol. The second kappa shape index (κ2) is 15.6. The van der Waals surface area contributed by atoms with Gasteiger partial charge in [-0.1, -0.05) is 95.2 Å². The van der Waals surface area contributed by atoms with Crippen LogP contribution in [0.2, 0.25) is 0 Å². The highest BCUT2D eigenvalue weighted by molar-refractivity contribution is 6.14. The molecule has 6 aliphatic carbocycles. The molecule has 0 amide bonds. The summed E-state index contributed by atoms with van der Waals surface area (Å²) in [6, 6.07) is 0. The van der Waals surface area contributed by atoms with Crippen LogP contribution >= 0.6 is 0 Å². The van der Waals surface area contributed by atoms with Gasteiger partial charge in [-0.3, -0.25) is 19.2 Å². The van der Waals surface area contributed by atoms with Crippen LogP contribution in [0.5, 0.6) is 0 Å². The number of carbonyl (C=O) groups excluding carboxylic acids is 4. The average molecular weight is 759 g/mol. The minimum atomic E-state index is -0.210. The maximum absolute atomic E-state index is 13.4. The minimum absolute atomic E-state index is 0. The summed E-state index contributed by atoms with van der Waals surface area (Å²) in [6.45, 7) is 29.0. The lowest BCUT2D eigenvalue weighted by Gasteiger charge is -2.35. The molecular formula is C52H70O4. The van der Waals surface area contributed by atoms with E-state index >= 15 is 0 Å². The van der Waals surface area contributed by atoms with Crippen LogP contribution in [0.3, 0.4) is 0 Å². The molecule has 0 aromatic heterocycles. The summed E-state index contributed by atoms with van der Waals surface area (Å²) in [7, 11) is 0. The van der Waals surface area contributed by atoms with Crippen molar-refractivity contribution in [2.24, 2.45) is 21.7 Å². The molecule has 0 aliphatic heterocycles. The Hall–Kier alpha value is -4.18. The molecule has 6 aliphatic rings. The first-order valence-corrected chi connectivity index (χ1v) is 20.9. The molecule has 0 saturated carbocycles. The van der Waals surface area contributed by atoms with Crippen LogP contribution in [0.4, 0.5) is 0 Å². The van der Waals surface area contributed by atoms with Crippen molar-refractivity contribution in [2.75, 3.05) is 0 Å². The van der Waals surface area contributed by atoms with Crippen molar-refractivity contribution in [3.63, 3.8) is 0 Å². The average Bonchev–Trinajstić information content (AvgIpc) is 3.09. The van der Waals surface area contributed by atoms with E-state index in [0.717, 1.165) is 107 Å². The lowest BCUT2D eigenvalue weighted by molar-refractivity contribution is -0.114. The molecule has 0 aromatic carbocycles. The number of Topliss-reactive ketones (excluding diaryl/α,β-unsaturated/α-hetero) is 4. The summed E-state index contributed by atoms with van der Waals surface area (Å²) >= 11 is 0. The summed E-state index contributed by atoms with van der Waals surface area (Å²) < 4.78 is 0. The Morgan fingerprint density at radius 3 is 1.00 bits per heavy atom. The van der Waals surface area contributed by atoms with Gasteiger partial charge in [0.05, 0.1) is 0 Å².